The molecule has 8 heterocycles. The Labute approximate surface area is 470 Å². The summed E-state index contributed by atoms with van der Waals surface area (Å²) >= 11 is 1.90. The molecular formula is C72H41B2N5OS. The molecule has 0 amide bonds. The van der Waals surface area contributed by atoms with Crippen LogP contribution in [0.3, 0.4) is 0 Å². The predicted molar refractivity (Wildman–Crippen MR) is 340 cm³/mol. The number of benzene rings is 12. The first kappa shape index (κ1) is 42.9. The lowest BCUT2D eigenvalue weighted by atomic mass is 9.28. The minimum absolute atomic E-state index is 0.0687. The van der Waals surface area contributed by atoms with Crippen LogP contribution >= 0.6 is 11.8 Å². The zero-order chi connectivity index (χ0) is 52.3. The zero-order valence-corrected chi connectivity index (χ0v) is 44.2. The molecule has 0 bridgehead atoms. The Balaban J connectivity index is 0.947. The predicted octanol–water partition coefficient (Wildman–Crippen LogP) is 14.9. The smallest absolute Gasteiger partial charge is 0.253 e. The molecule has 0 N–H and O–H groups in total. The number of aromatic nitrogens is 2. The number of anilines is 9. The Hall–Kier alpha value is -10.1. The monoisotopic (exact) mass is 1050 g/mol. The van der Waals surface area contributed by atoms with Gasteiger partial charge in [0.25, 0.3) is 13.4 Å². The van der Waals surface area contributed by atoms with Gasteiger partial charge in [0.05, 0.1) is 33.4 Å². The Morgan fingerprint density at radius 1 is 0.296 bits per heavy atom. The van der Waals surface area contributed by atoms with E-state index >= 15 is 0 Å². The van der Waals surface area contributed by atoms with Gasteiger partial charge < -0.3 is 28.3 Å². The van der Waals surface area contributed by atoms with Gasteiger partial charge >= 0.3 is 0 Å². The first-order valence-corrected chi connectivity index (χ1v) is 28.8. The topological polar surface area (TPSA) is 32.7 Å². The van der Waals surface area contributed by atoms with Crippen molar-refractivity contribution in [3.05, 3.63) is 249 Å². The van der Waals surface area contributed by atoms with Crippen LogP contribution in [0.1, 0.15) is 0 Å². The molecule has 0 aliphatic carbocycles. The fourth-order valence-electron chi connectivity index (χ4n) is 15.4. The maximum absolute atomic E-state index is 7.00. The molecule has 5 aliphatic heterocycles. The second-order valence-corrected chi connectivity index (χ2v) is 23.3. The number of para-hydroxylation sites is 8. The summed E-state index contributed by atoms with van der Waals surface area (Å²) in [6.07, 6.45) is 0. The molecule has 6 nitrogen and oxygen atoms in total. The molecule has 5 aliphatic rings. The van der Waals surface area contributed by atoms with Crippen molar-refractivity contribution in [1.29, 1.82) is 0 Å². The lowest BCUT2D eigenvalue weighted by Gasteiger charge is -2.52. The number of rotatable bonds is 4. The normalized spacial score (nSPS) is 14.0. The Morgan fingerprint density at radius 3 is 1.36 bits per heavy atom. The highest BCUT2D eigenvalue weighted by Crippen LogP contribution is 2.58. The fraction of sp³-hybridized carbons (Fsp3) is 0. The summed E-state index contributed by atoms with van der Waals surface area (Å²) < 4.78 is 11.9. The van der Waals surface area contributed by atoms with Crippen LogP contribution in [0.5, 0.6) is 0 Å². The molecule has 3 aromatic heterocycles. The lowest BCUT2D eigenvalue weighted by Crippen LogP contribution is -2.69. The molecule has 0 radical (unpaired) electrons. The van der Waals surface area contributed by atoms with Gasteiger partial charge in [-0.2, -0.15) is 0 Å². The van der Waals surface area contributed by atoms with Gasteiger partial charge in [0.2, 0.25) is 0 Å². The summed E-state index contributed by atoms with van der Waals surface area (Å²) in [5, 5.41) is 7.32. The van der Waals surface area contributed by atoms with Gasteiger partial charge in [0.15, 0.2) is 0 Å². The van der Waals surface area contributed by atoms with E-state index in [1.807, 2.05) is 11.8 Å². The highest BCUT2D eigenvalue weighted by molar-refractivity contribution is 7.99. The highest BCUT2D eigenvalue weighted by Gasteiger charge is 2.54. The van der Waals surface area contributed by atoms with Crippen molar-refractivity contribution in [2.24, 2.45) is 0 Å². The van der Waals surface area contributed by atoms with Gasteiger partial charge in [-0.15, -0.1) is 0 Å². The van der Waals surface area contributed by atoms with Crippen LogP contribution in [0, 0.1) is 0 Å². The van der Waals surface area contributed by atoms with Gasteiger partial charge in [0, 0.05) is 93.3 Å². The summed E-state index contributed by atoms with van der Waals surface area (Å²) in [5.41, 5.74) is 27.4. The molecule has 0 atom stereocenters. The third kappa shape index (κ3) is 5.38. The van der Waals surface area contributed by atoms with Crippen LogP contribution in [0.25, 0.3) is 76.9 Å². The van der Waals surface area contributed by atoms with Crippen LogP contribution in [0.4, 0.5) is 51.2 Å². The molecule has 0 saturated heterocycles. The van der Waals surface area contributed by atoms with E-state index in [1.54, 1.807) is 0 Å². The standard InChI is InChI=1S/C72H41B2N5OS/c1-3-18-42(19-4-1)75-58-38-44(77-54-28-12-7-22-46(54)47-23-8-13-29-55(47)77)34-36-51(58)73-53-27-17-33-64-70(53)79-71-65(81-64)41-63-66(50-26-11-16-32-62(50)80-63)69(71)74-52-37-35-45(78-56-30-14-9-24-48(56)49-25-10-15-31-57(49)78)39-59(52)76(43-20-5-2-6-21-43)61-40-60(75)67(73)72(79)68(61)74/h1-41H. The molecule has 81 heavy (non-hydrogen) atoms. The van der Waals surface area contributed by atoms with Crippen molar-refractivity contribution >= 4 is 175 Å². The van der Waals surface area contributed by atoms with Gasteiger partial charge in [-0.25, -0.2) is 0 Å². The number of furan rings is 1. The van der Waals surface area contributed by atoms with Gasteiger partial charge in [-0.3, -0.25) is 0 Å². The Kier molecular flexibility index (Phi) is 8.15. The summed E-state index contributed by atoms with van der Waals surface area (Å²) in [6.45, 7) is -0.227. The van der Waals surface area contributed by atoms with E-state index in [2.05, 4.69) is 273 Å². The van der Waals surface area contributed by atoms with E-state index in [4.69, 9.17) is 4.42 Å². The van der Waals surface area contributed by atoms with Crippen molar-refractivity contribution in [1.82, 2.24) is 9.13 Å². The van der Waals surface area contributed by atoms with E-state index in [9.17, 15) is 0 Å². The molecule has 0 saturated carbocycles. The maximum atomic E-state index is 7.00. The maximum Gasteiger partial charge on any atom is 0.253 e. The van der Waals surface area contributed by atoms with E-state index in [1.165, 1.54) is 126 Å². The molecule has 15 aromatic rings. The molecule has 9 heteroatoms. The fourth-order valence-corrected chi connectivity index (χ4v) is 16.5. The third-order valence-electron chi connectivity index (χ3n) is 18.4. The van der Waals surface area contributed by atoms with E-state index in [0.717, 1.165) is 45.0 Å². The minimum Gasteiger partial charge on any atom is -0.456 e. The average Bonchev–Trinajstić information content (AvgIpc) is 1.59. The van der Waals surface area contributed by atoms with Gasteiger partial charge in [-0.05, 0) is 130 Å². The quantitative estimate of drug-likeness (QED) is 0.164. The minimum atomic E-state index is -0.158. The second-order valence-electron chi connectivity index (χ2n) is 22.3. The van der Waals surface area contributed by atoms with Crippen LogP contribution in [-0.4, -0.2) is 22.6 Å². The van der Waals surface area contributed by atoms with Gasteiger partial charge in [0.1, 0.15) is 11.2 Å². The molecular weight excluding hydrogens is 1000 g/mol. The van der Waals surface area contributed by atoms with E-state index in [0.29, 0.717) is 0 Å². The van der Waals surface area contributed by atoms with Gasteiger partial charge in [-0.1, -0.05) is 163 Å². The molecule has 372 valence electrons. The van der Waals surface area contributed by atoms with Crippen LogP contribution in [0.15, 0.2) is 263 Å². The van der Waals surface area contributed by atoms with Crippen LogP contribution < -0.4 is 47.5 Å². The Bertz CT molecular complexity index is 5230. The third-order valence-corrected chi connectivity index (χ3v) is 19.5. The average molecular weight is 1050 g/mol. The van der Waals surface area contributed by atoms with Crippen molar-refractivity contribution < 1.29 is 4.42 Å². The molecule has 20 rings (SSSR count). The number of fused-ring (bicyclic) bond motifs is 16. The van der Waals surface area contributed by atoms with Crippen LogP contribution in [0.2, 0.25) is 0 Å². The summed E-state index contributed by atoms with van der Waals surface area (Å²) in [7, 11) is 0. The summed E-state index contributed by atoms with van der Waals surface area (Å²) in [5.74, 6) is 0. The Morgan fingerprint density at radius 2 is 0.790 bits per heavy atom. The van der Waals surface area contributed by atoms with E-state index in [-0.39, 0.29) is 13.4 Å². The largest absolute Gasteiger partial charge is 0.456 e. The molecule has 12 aromatic carbocycles. The summed E-state index contributed by atoms with van der Waals surface area (Å²) in [6, 6.07) is 92.9. The highest BCUT2D eigenvalue weighted by atomic mass is 32.2. The number of hydrogen-bond acceptors (Lipinski definition) is 5. The first-order valence-electron chi connectivity index (χ1n) is 28.0. The summed E-state index contributed by atoms with van der Waals surface area (Å²) in [4.78, 5) is 10.4. The van der Waals surface area contributed by atoms with Crippen molar-refractivity contribution in [2.75, 3.05) is 14.7 Å². The number of hydrogen-bond donors (Lipinski definition) is 0. The molecule has 0 spiro atoms. The van der Waals surface area contributed by atoms with Crippen molar-refractivity contribution in [3.63, 3.8) is 0 Å². The first-order chi connectivity index (χ1) is 40.2. The van der Waals surface area contributed by atoms with Crippen molar-refractivity contribution in [3.8, 4) is 11.4 Å². The number of nitrogens with zero attached hydrogens (tertiary/aromatic N) is 5. The van der Waals surface area contributed by atoms with E-state index < -0.39 is 0 Å². The second kappa shape index (κ2) is 15.4. The zero-order valence-electron chi connectivity index (χ0n) is 43.4. The SMILES string of the molecule is c1ccc(N2c3cc(-n4c5ccccc5c5ccccc54)ccc3B3c4cccc5c4N4c6c3c2cc2c6B(c3ccc(-n6c7ccccc7c7ccccc76)cc3N2c2ccccc2)c2c4c(cc3oc4ccccc4c23)S5)cc1. The lowest BCUT2D eigenvalue weighted by molar-refractivity contribution is 0.668. The molecule has 0 fully saturated rings. The van der Waals surface area contributed by atoms with Crippen LogP contribution in [-0.2, 0) is 0 Å². The van der Waals surface area contributed by atoms with Crippen molar-refractivity contribution in [2.45, 2.75) is 9.79 Å². The molecule has 0 unspecified atom stereocenters.